The van der Waals surface area contributed by atoms with E-state index in [1.165, 1.54) is 11.8 Å². The molecule has 32 heavy (non-hydrogen) atoms. The first kappa shape index (κ1) is 21.6. The third-order valence-corrected chi connectivity index (χ3v) is 5.56. The number of thioether (sulfide) groups is 1. The zero-order chi connectivity index (χ0) is 22.5. The van der Waals surface area contributed by atoms with E-state index < -0.39 is 0 Å². The number of hydrogen-bond acceptors (Lipinski definition) is 8. The molecule has 0 unspecified atom stereocenters. The lowest BCUT2D eigenvalue weighted by Gasteiger charge is -2.13. The number of carbonyl (C=O) groups excluding carboxylic acids is 1. The molecule has 0 atom stereocenters. The quantitative estimate of drug-likeness (QED) is 0.504. The van der Waals surface area contributed by atoms with E-state index in [9.17, 15) is 10.1 Å². The van der Waals surface area contributed by atoms with Crippen molar-refractivity contribution < 1.29 is 23.7 Å². The number of nitriles is 1. The standard InChI is InChI=1S/C23H21N3O5S/c1-3-28-16-5-6-19(29-4-2)18(9-16)25-22(27)12-32-23-15(11-24)7-14-8-20-21(31-13-30-20)10-17(14)26-23/h5-10H,3-4,12-13H2,1-2H3,(H,25,27). The Morgan fingerprint density at radius 3 is 2.69 bits per heavy atom. The second-order valence-corrected chi connectivity index (χ2v) is 7.68. The van der Waals surface area contributed by atoms with Gasteiger partial charge in [-0.05, 0) is 38.1 Å². The molecule has 0 saturated heterocycles. The van der Waals surface area contributed by atoms with Gasteiger partial charge in [-0.2, -0.15) is 5.26 Å². The number of hydrogen-bond donors (Lipinski definition) is 1. The van der Waals surface area contributed by atoms with Gasteiger partial charge in [-0.3, -0.25) is 4.79 Å². The Bertz CT molecular complexity index is 1210. The fourth-order valence-electron chi connectivity index (χ4n) is 3.20. The Balaban J connectivity index is 1.51. The summed E-state index contributed by atoms with van der Waals surface area (Å²) in [6.45, 7) is 4.91. The molecule has 1 amide bonds. The Kier molecular flexibility index (Phi) is 6.52. The number of aromatic nitrogens is 1. The molecule has 9 heteroatoms. The lowest BCUT2D eigenvalue weighted by atomic mass is 10.1. The molecule has 0 aliphatic carbocycles. The fourth-order valence-corrected chi connectivity index (χ4v) is 3.96. The van der Waals surface area contributed by atoms with Crippen LogP contribution in [-0.2, 0) is 4.79 Å². The van der Waals surface area contributed by atoms with Gasteiger partial charge in [0.15, 0.2) is 11.5 Å². The van der Waals surface area contributed by atoms with Crippen LogP contribution in [0.2, 0.25) is 0 Å². The summed E-state index contributed by atoms with van der Waals surface area (Å²) in [5, 5.41) is 13.7. The molecule has 8 nitrogen and oxygen atoms in total. The molecule has 3 aromatic rings. The van der Waals surface area contributed by atoms with Crippen LogP contribution in [0.3, 0.4) is 0 Å². The van der Waals surface area contributed by atoms with E-state index in [0.717, 1.165) is 5.39 Å². The van der Waals surface area contributed by atoms with Crippen LogP contribution in [0.5, 0.6) is 23.0 Å². The molecule has 1 aliphatic heterocycles. The zero-order valence-corrected chi connectivity index (χ0v) is 18.5. The van der Waals surface area contributed by atoms with Crippen molar-refractivity contribution in [1.29, 1.82) is 5.26 Å². The molecule has 0 saturated carbocycles. The molecule has 0 fully saturated rings. The Morgan fingerprint density at radius 1 is 1.16 bits per heavy atom. The number of anilines is 1. The highest BCUT2D eigenvalue weighted by Crippen LogP contribution is 2.37. The second-order valence-electron chi connectivity index (χ2n) is 6.71. The maximum absolute atomic E-state index is 12.7. The van der Waals surface area contributed by atoms with Crippen LogP contribution in [0.1, 0.15) is 19.4 Å². The van der Waals surface area contributed by atoms with Crippen LogP contribution in [0.15, 0.2) is 41.4 Å². The largest absolute Gasteiger partial charge is 0.494 e. The van der Waals surface area contributed by atoms with Gasteiger partial charge in [0.25, 0.3) is 0 Å². The molecule has 1 N–H and O–H groups in total. The summed E-state index contributed by atoms with van der Waals surface area (Å²) < 4.78 is 21.9. The Hall–Kier alpha value is -3.64. The first-order valence-corrected chi connectivity index (χ1v) is 11.1. The predicted octanol–water partition coefficient (Wildman–Crippen LogP) is 4.36. The molecule has 1 aliphatic rings. The van der Waals surface area contributed by atoms with Gasteiger partial charge in [-0.1, -0.05) is 11.8 Å². The molecule has 2 aromatic carbocycles. The molecule has 0 radical (unpaired) electrons. The first-order chi connectivity index (χ1) is 15.6. The van der Waals surface area contributed by atoms with Crippen molar-refractivity contribution in [2.24, 2.45) is 0 Å². The summed E-state index contributed by atoms with van der Waals surface area (Å²) in [6, 6.07) is 12.8. The van der Waals surface area contributed by atoms with Gasteiger partial charge in [0.05, 0.1) is 35.7 Å². The highest BCUT2D eigenvalue weighted by molar-refractivity contribution is 8.00. The van der Waals surface area contributed by atoms with Crippen LogP contribution >= 0.6 is 11.8 Å². The normalized spacial score (nSPS) is 11.8. The lowest BCUT2D eigenvalue weighted by molar-refractivity contribution is -0.113. The van der Waals surface area contributed by atoms with Gasteiger partial charge in [-0.15, -0.1) is 0 Å². The lowest BCUT2D eigenvalue weighted by Crippen LogP contribution is -2.15. The van der Waals surface area contributed by atoms with E-state index in [-0.39, 0.29) is 18.5 Å². The minimum atomic E-state index is -0.249. The maximum Gasteiger partial charge on any atom is 0.234 e. The number of carbonyl (C=O) groups is 1. The van der Waals surface area contributed by atoms with Crippen LogP contribution in [-0.4, -0.2) is 36.7 Å². The predicted molar refractivity (Wildman–Crippen MR) is 121 cm³/mol. The molecule has 0 bridgehead atoms. The van der Waals surface area contributed by atoms with Crippen molar-refractivity contribution in [3.8, 4) is 29.1 Å². The molecular formula is C23H21N3O5S. The van der Waals surface area contributed by atoms with Crippen LogP contribution < -0.4 is 24.3 Å². The molecule has 164 valence electrons. The third kappa shape index (κ3) is 4.65. The van der Waals surface area contributed by atoms with E-state index in [2.05, 4.69) is 16.4 Å². The third-order valence-electron chi connectivity index (χ3n) is 4.57. The fraction of sp³-hybridized carbons (Fsp3) is 0.261. The molecule has 2 heterocycles. The zero-order valence-electron chi connectivity index (χ0n) is 17.6. The summed E-state index contributed by atoms with van der Waals surface area (Å²) >= 11 is 1.19. The van der Waals surface area contributed by atoms with Crippen molar-refractivity contribution in [3.63, 3.8) is 0 Å². The number of rotatable bonds is 8. The molecule has 0 spiro atoms. The highest BCUT2D eigenvalue weighted by Gasteiger charge is 2.17. The minimum absolute atomic E-state index is 0.0716. The number of benzene rings is 2. The van der Waals surface area contributed by atoms with Gasteiger partial charge in [-0.25, -0.2) is 4.98 Å². The molecule has 1 aromatic heterocycles. The molecule has 4 rings (SSSR count). The van der Waals surface area contributed by atoms with Crippen molar-refractivity contribution in [1.82, 2.24) is 4.98 Å². The summed E-state index contributed by atoms with van der Waals surface area (Å²) in [6.07, 6.45) is 0. The van der Waals surface area contributed by atoms with Crippen molar-refractivity contribution in [2.75, 3.05) is 31.1 Å². The monoisotopic (exact) mass is 451 g/mol. The topological polar surface area (TPSA) is 103 Å². The number of amides is 1. The highest BCUT2D eigenvalue weighted by atomic mass is 32.2. The SMILES string of the molecule is CCOc1ccc(OCC)c(NC(=O)CSc2nc3cc4c(cc3cc2C#N)OCO4)c1. The van der Waals surface area contributed by atoms with E-state index in [4.69, 9.17) is 18.9 Å². The Morgan fingerprint density at radius 2 is 1.94 bits per heavy atom. The number of fused-ring (bicyclic) bond motifs is 2. The number of ether oxygens (including phenoxy) is 4. The van der Waals surface area contributed by atoms with Gasteiger partial charge in [0.1, 0.15) is 22.6 Å². The van der Waals surface area contributed by atoms with Gasteiger partial charge in [0.2, 0.25) is 12.7 Å². The van der Waals surface area contributed by atoms with E-state index in [1.54, 1.807) is 36.4 Å². The number of nitrogens with one attached hydrogen (secondary N) is 1. The van der Waals surface area contributed by atoms with E-state index >= 15 is 0 Å². The van der Waals surface area contributed by atoms with Crippen LogP contribution in [0.4, 0.5) is 5.69 Å². The van der Waals surface area contributed by atoms with Crippen molar-refractivity contribution in [3.05, 3.63) is 42.0 Å². The van der Waals surface area contributed by atoms with Crippen LogP contribution in [0, 0.1) is 11.3 Å². The summed E-state index contributed by atoms with van der Waals surface area (Å²) in [5.41, 5.74) is 1.59. The van der Waals surface area contributed by atoms with E-state index in [0.29, 0.717) is 58.0 Å². The van der Waals surface area contributed by atoms with Crippen LogP contribution in [0.25, 0.3) is 10.9 Å². The summed E-state index contributed by atoms with van der Waals surface area (Å²) in [7, 11) is 0. The van der Waals surface area contributed by atoms with Gasteiger partial charge >= 0.3 is 0 Å². The average molecular weight is 452 g/mol. The van der Waals surface area contributed by atoms with Gasteiger partial charge in [0, 0.05) is 17.5 Å². The molecular weight excluding hydrogens is 430 g/mol. The second kappa shape index (κ2) is 9.66. The average Bonchev–Trinajstić information content (AvgIpc) is 3.24. The van der Waals surface area contributed by atoms with Crippen molar-refractivity contribution >= 4 is 34.3 Å². The first-order valence-electron chi connectivity index (χ1n) is 10.1. The maximum atomic E-state index is 12.7. The Labute approximate surface area is 189 Å². The summed E-state index contributed by atoms with van der Waals surface area (Å²) in [5.74, 6) is 2.26. The number of nitrogens with zero attached hydrogens (tertiary/aromatic N) is 2. The van der Waals surface area contributed by atoms with E-state index in [1.807, 2.05) is 13.8 Å². The van der Waals surface area contributed by atoms with Gasteiger partial charge < -0.3 is 24.3 Å². The summed E-state index contributed by atoms with van der Waals surface area (Å²) in [4.78, 5) is 17.2. The smallest absolute Gasteiger partial charge is 0.234 e. The minimum Gasteiger partial charge on any atom is -0.494 e. The number of pyridine rings is 1. The van der Waals surface area contributed by atoms with Crippen molar-refractivity contribution in [2.45, 2.75) is 18.9 Å².